The first kappa shape index (κ1) is 16.3. The molecular formula is C16H22BrNO3. The van der Waals surface area contributed by atoms with E-state index in [1.807, 2.05) is 23.1 Å². The molecule has 116 valence electrons. The standard InChI is InChI=1S/C16H22BrNO3/c1-20-10-11-21-15-7-6-13(12-14(15)17)16(19)18-8-4-2-3-5-9-18/h6-7,12H,2-5,8-11H2,1H3. The second kappa shape index (κ2) is 8.39. The van der Waals surface area contributed by atoms with Crippen LogP contribution in [0.2, 0.25) is 0 Å². The maximum atomic E-state index is 12.5. The van der Waals surface area contributed by atoms with E-state index in [1.165, 1.54) is 12.8 Å². The number of nitrogens with zero attached hydrogens (tertiary/aromatic N) is 1. The van der Waals surface area contributed by atoms with Crippen LogP contribution in [0.4, 0.5) is 0 Å². The van der Waals surface area contributed by atoms with Gasteiger partial charge in [-0.1, -0.05) is 12.8 Å². The number of methoxy groups -OCH3 is 1. The third-order valence-electron chi connectivity index (χ3n) is 3.62. The van der Waals surface area contributed by atoms with Crippen LogP contribution in [-0.4, -0.2) is 44.2 Å². The molecular weight excluding hydrogens is 334 g/mol. The molecule has 1 aliphatic heterocycles. The van der Waals surface area contributed by atoms with E-state index in [-0.39, 0.29) is 5.91 Å². The van der Waals surface area contributed by atoms with Crippen molar-refractivity contribution in [2.45, 2.75) is 25.7 Å². The molecule has 1 amide bonds. The van der Waals surface area contributed by atoms with Crippen LogP contribution in [0.15, 0.2) is 22.7 Å². The lowest BCUT2D eigenvalue weighted by molar-refractivity contribution is 0.0761. The summed E-state index contributed by atoms with van der Waals surface area (Å²) in [6.45, 7) is 2.76. The number of hydrogen-bond donors (Lipinski definition) is 0. The van der Waals surface area contributed by atoms with Gasteiger partial charge in [0, 0.05) is 25.8 Å². The number of hydrogen-bond acceptors (Lipinski definition) is 3. The Kier molecular flexibility index (Phi) is 6.51. The molecule has 1 aromatic rings. The molecule has 0 unspecified atom stereocenters. The highest BCUT2D eigenvalue weighted by molar-refractivity contribution is 9.10. The van der Waals surface area contributed by atoms with E-state index in [1.54, 1.807) is 7.11 Å². The fraction of sp³-hybridized carbons (Fsp3) is 0.562. The summed E-state index contributed by atoms with van der Waals surface area (Å²) >= 11 is 3.47. The molecule has 4 nitrogen and oxygen atoms in total. The molecule has 2 rings (SSSR count). The van der Waals surface area contributed by atoms with Crippen molar-refractivity contribution in [1.82, 2.24) is 4.90 Å². The van der Waals surface area contributed by atoms with Crippen molar-refractivity contribution in [2.24, 2.45) is 0 Å². The van der Waals surface area contributed by atoms with Gasteiger partial charge in [-0.25, -0.2) is 0 Å². The van der Waals surface area contributed by atoms with E-state index < -0.39 is 0 Å². The molecule has 0 N–H and O–H groups in total. The molecule has 1 saturated heterocycles. The van der Waals surface area contributed by atoms with E-state index in [4.69, 9.17) is 9.47 Å². The van der Waals surface area contributed by atoms with Crippen LogP contribution < -0.4 is 4.74 Å². The zero-order valence-electron chi connectivity index (χ0n) is 12.4. The van der Waals surface area contributed by atoms with Gasteiger partial charge in [-0.2, -0.15) is 0 Å². The highest BCUT2D eigenvalue weighted by Gasteiger charge is 2.18. The van der Waals surface area contributed by atoms with Gasteiger partial charge >= 0.3 is 0 Å². The molecule has 21 heavy (non-hydrogen) atoms. The number of amides is 1. The Balaban J connectivity index is 2.02. The highest BCUT2D eigenvalue weighted by atomic mass is 79.9. The minimum Gasteiger partial charge on any atom is -0.490 e. The minimum absolute atomic E-state index is 0.112. The molecule has 1 aliphatic rings. The summed E-state index contributed by atoms with van der Waals surface area (Å²) in [5.41, 5.74) is 0.711. The van der Waals surface area contributed by atoms with Gasteiger partial charge < -0.3 is 14.4 Å². The molecule has 0 spiro atoms. The predicted octanol–water partition coefficient (Wildman–Crippen LogP) is 3.49. The van der Waals surface area contributed by atoms with Crippen molar-refractivity contribution in [3.05, 3.63) is 28.2 Å². The molecule has 1 fully saturated rings. The highest BCUT2D eigenvalue weighted by Crippen LogP contribution is 2.27. The molecule has 0 aromatic heterocycles. The minimum atomic E-state index is 0.112. The van der Waals surface area contributed by atoms with Crippen LogP contribution in [-0.2, 0) is 4.74 Å². The van der Waals surface area contributed by atoms with E-state index in [9.17, 15) is 4.79 Å². The summed E-state index contributed by atoms with van der Waals surface area (Å²) in [5.74, 6) is 0.848. The van der Waals surface area contributed by atoms with E-state index >= 15 is 0 Å². The van der Waals surface area contributed by atoms with Crippen LogP contribution in [0.5, 0.6) is 5.75 Å². The van der Waals surface area contributed by atoms with Crippen molar-refractivity contribution in [1.29, 1.82) is 0 Å². The van der Waals surface area contributed by atoms with Gasteiger partial charge in [-0.15, -0.1) is 0 Å². The Morgan fingerprint density at radius 1 is 1.19 bits per heavy atom. The van der Waals surface area contributed by atoms with E-state index in [0.29, 0.717) is 18.8 Å². The molecule has 0 aliphatic carbocycles. The Labute approximate surface area is 134 Å². The monoisotopic (exact) mass is 355 g/mol. The molecule has 0 saturated carbocycles. The quantitative estimate of drug-likeness (QED) is 0.758. The molecule has 5 heteroatoms. The van der Waals surface area contributed by atoms with E-state index in [2.05, 4.69) is 15.9 Å². The van der Waals surface area contributed by atoms with Crippen molar-refractivity contribution in [2.75, 3.05) is 33.4 Å². The summed E-state index contributed by atoms with van der Waals surface area (Å²) in [6.07, 6.45) is 4.65. The fourth-order valence-electron chi connectivity index (χ4n) is 2.44. The first-order valence-corrected chi connectivity index (χ1v) is 8.22. The summed E-state index contributed by atoms with van der Waals surface area (Å²) in [7, 11) is 1.64. The van der Waals surface area contributed by atoms with Gasteiger partial charge in [-0.05, 0) is 47.0 Å². The Bertz CT molecular complexity index is 471. The summed E-state index contributed by atoms with van der Waals surface area (Å²) in [5, 5.41) is 0. The van der Waals surface area contributed by atoms with Crippen molar-refractivity contribution >= 4 is 21.8 Å². The van der Waals surface area contributed by atoms with Crippen LogP contribution in [0.1, 0.15) is 36.0 Å². The average molecular weight is 356 g/mol. The smallest absolute Gasteiger partial charge is 0.253 e. The fourth-order valence-corrected chi connectivity index (χ4v) is 2.94. The lowest BCUT2D eigenvalue weighted by atomic mass is 10.2. The Morgan fingerprint density at radius 2 is 1.90 bits per heavy atom. The second-order valence-corrected chi connectivity index (χ2v) is 6.05. The summed E-state index contributed by atoms with van der Waals surface area (Å²) in [6, 6.07) is 5.51. The molecule has 0 radical (unpaired) electrons. The normalized spacial score (nSPS) is 15.6. The lowest BCUT2D eigenvalue weighted by Gasteiger charge is -2.20. The van der Waals surface area contributed by atoms with Gasteiger partial charge in [0.1, 0.15) is 12.4 Å². The SMILES string of the molecule is COCCOc1ccc(C(=O)N2CCCCCC2)cc1Br. The Morgan fingerprint density at radius 3 is 2.52 bits per heavy atom. The summed E-state index contributed by atoms with van der Waals surface area (Å²) in [4.78, 5) is 14.5. The molecule has 1 heterocycles. The zero-order valence-corrected chi connectivity index (χ0v) is 14.0. The number of likely N-dealkylation sites (tertiary alicyclic amines) is 1. The van der Waals surface area contributed by atoms with Crippen LogP contribution in [0, 0.1) is 0 Å². The van der Waals surface area contributed by atoms with Crippen LogP contribution in [0.25, 0.3) is 0 Å². The third kappa shape index (κ3) is 4.71. The number of rotatable bonds is 5. The second-order valence-electron chi connectivity index (χ2n) is 5.19. The summed E-state index contributed by atoms with van der Waals surface area (Å²) < 4.78 is 11.3. The van der Waals surface area contributed by atoms with Gasteiger partial charge in [-0.3, -0.25) is 4.79 Å². The van der Waals surface area contributed by atoms with Gasteiger partial charge in [0.15, 0.2) is 0 Å². The van der Waals surface area contributed by atoms with Crippen molar-refractivity contribution in [3.63, 3.8) is 0 Å². The number of benzene rings is 1. The zero-order chi connectivity index (χ0) is 15.1. The maximum Gasteiger partial charge on any atom is 0.253 e. The topological polar surface area (TPSA) is 38.8 Å². The largest absolute Gasteiger partial charge is 0.490 e. The number of halogens is 1. The number of carbonyl (C=O) groups is 1. The first-order chi connectivity index (χ1) is 10.2. The van der Waals surface area contributed by atoms with Crippen LogP contribution in [0.3, 0.4) is 0 Å². The lowest BCUT2D eigenvalue weighted by Crippen LogP contribution is -2.31. The third-order valence-corrected chi connectivity index (χ3v) is 4.24. The Hall–Kier alpha value is -1.07. The number of ether oxygens (including phenoxy) is 2. The molecule has 0 bridgehead atoms. The van der Waals surface area contributed by atoms with E-state index in [0.717, 1.165) is 36.2 Å². The predicted molar refractivity (Wildman–Crippen MR) is 85.9 cm³/mol. The van der Waals surface area contributed by atoms with Crippen molar-refractivity contribution in [3.8, 4) is 5.75 Å². The molecule has 0 atom stereocenters. The average Bonchev–Trinajstić information content (AvgIpc) is 2.77. The van der Waals surface area contributed by atoms with Crippen LogP contribution >= 0.6 is 15.9 Å². The molecule has 1 aromatic carbocycles. The maximum absolute atomic E-state index is 12.5. The number of carbonyl (C=O) groups excluding carboxylic acids is 1. The van der Waals surface area contributed by atoms with Gasteiger partial charge in [0.25, 0.3) is 5.91 Å². The van der Waals surface area contributed by atoms with Crippen molar-refractivity contribution < 1.29 is 14.3 Å². The van der Waals surface area contributed by atoms with Gasteiger partial charge in [0.05, 0.1) is 11.1 Å². The van der Waals surface area contributed by atoms with Gasteiger partial charge in [0.2, 0.25) is 0 Å². The first-order valence-electron chi connectivity index (χ1n) is 7.43.